The molecule has 0 saturated heterocycles. The van der Waals surface area contributed by atoms with Gasteiger partial charge in [-0.25, -0.2) is 0 Å². The van der Waals surface area contributed by atoms with Gasteiger partial charge < -0.3 is 0 Å². The van der Waals surface area contributed by atoms with Gasteiger partial charge in [-0.1, -0.05) is 0 Å². The Hall–Kier alpha value is 0.129. The molecule has 0 bridgehead atoms. The quantitative estimate of drug-likeness (QED) is 0.684. The second kappa shape index (κ2) is 2.44. The summed E-state index contributed by atoms with van der Waals surface area (Å²) in [5.41, 5.74) is 2.32. The molecule has 0 aromatic heterocycles. The van der Waals surface area contributed by atoms with Gasteiger partial charge in [0.2, 0.25) is 0 Å². The summed E-state index contributed by atoms with van der Waals surface area (Å²) in [6.07, 6.45) is 7.88. The topological polar surface area (TPSA) is 0 Å². The molecule has 41 valence electrons. The summed E-state index contributed by atoms with van der Waals surface area (Å²) in [5.74, 6) is 0. The average molecular weight is 272 g/mol. The van der Waals surface area contributed by atoms with Gasteiger partial charge in [-0.05, 0) is 0 Å². The third kappa shape index (κ3) is 1.25. The molecule has 0 N–H and O–H groups in total. The van der Waals surface area contributed by atoms with Crippen LogP contribution in [0, 0.1) is 0 Å². The molecule has 1 aliphatic carbocycles. The first kappa shape index (κ1) is 5.27. The number of allylic oxidation sites excluding steroid dienone is 4. The van der Waals surface area contributed by atoms with Crippen LogP contribution in [-0.4, -0.2) is 0 Å². The fourth-order valence-corrected chi connectivity index (χ4v) is 1.94. The standard InChI is InChI=1S/C5H5.CH3.Ir/c1-2-4-5-3-1;;/h1-3H,4H2;1H3;. The van der Waals surface area contributed by atoms with E-state index >= 15 is 0 Å². The van der Waals surface area contributed by atoms with E-state index in [-0.39, 0.29) is 0 Å². The van der Waals surface area contributed by atoms with Crippen LogP contribution in [0.2, 0.25) is 5.44 Å². The summed E-state index contributed by atoms with van der Waals surface area (Å²) in [4.78, 5) is 0. The zero-order chi connectivity index (χ0) is 5.11. The van der Waals surface area contributed by atoms with Crippen LogP contribution < -0.4 is 0 Å². The molecule has 7 heavy (non-hydrogen) atoms. The van der Waals surface area contributed by atoms with Crippen molar-refractivity contribution in [2.45, 2.75) is 11.9 Å². The van der Waals surface area contributed by atoms with Crippen molar-refractivity contribution in [3.63, 3.8) is 0 Å². The number of rotatable bonds is 1. The molecule has 0 amide bonds. The Morgan fingerprint density at radius 3 is 2.86 bits per heavy atom. The molecule has 1 heteroatoms. The van der Waals surface area contributed by atoms with E-state index in [2.05, 4.69) is 23.7 Å². The number of hydrogen-bond acceptors (Lipinski definition) is 0. The van der Waals surface area contributed by atoms with Crippen molar-refractivity contribution in [3.8, 4) is 0 Å². The molecule has 0 unspecified atom stereocenters. The van der Waals surface area contributed by atoms with E-state index in [0.717, 1.165) is 0 Å². The maximum absolute atomic E-state index is 2.32. The molecule has 0 radical (unpaired) electrons. The first-order chi connectivity index (χ1) is 3.43. The third-order valence-corrected chi connectivity index (χ3v) is 3.35. The van der Waals surface area contributed by atoms with Gasteiger partial charge in [-0.3, -0.25) is 0 Å². The first-order valence-electron chi connectivity index (χ1n) is 2.22. The van der Waals surface area contributed by atoms with Crippen LogP contribution in [0.25, 0.3) is 0 Å². The van der Waals surface area contributed by atoms with Gasteiger partial charge >= 0.3 is 51.9 Å². The summed E-state index contributed by atoms with van der Waals surface area (Å²) in [6, 6.07) is 0. The summed E-state index contributed by atoms with van der Waals surface area (Å²) in [6.45, 7) is 0. The summed E-state index contributed by atoms with van der Waals surface area (Å²) in [7, 11) is 0. The monoisotopic (exact) mass is 273 g/mol. The molecule has 0 spiro atoms. The van der Waals surface area contributed by atoms with E-state index in [1.807, 2.05) is 0 Å². The predicted molar refractivity (Wildman–Crippen MR) is 27.7 cm³/mol. The van der Waals surface area contributed by atoms with Crippen molar-refractivity contribution in [2.24, 2.45) is 0 Å². The van der Waals surface area contributed by atoms with Crippen molar-refractivity contribution in [1.82, 2.24) is 0 Å². The Balaban J connectivity index is 2.45. The Kier molecular flexibility index (Phi) is 1.84. The van der Waals surface area contributed by atoms with Gasteiger partial charge in [0.1, 0.15) is 0 Å². The van der Waals surface area contributed by atoms with Gasteiger partial charge in [0, 0.05) is 0 Å². The third-order valence-electron chi connectivity index (χ3n) is 0.924. The molecule has 1 aliphatic rings. The number of hydrogen-bond donors (Lipinski definition) is 0. The predicted octanol–water partition coefficient (Wildman–Crippen LogP) is 1.96. The van der Waals surface area contributed by atoms with Gasteiger partial charge in [0.05, 0.1) is 0 Å². The Morgan fingerprint density at radius 1 is 1.71 bits per heavy atom. The van der Waals surface area contributed by atoms with Crippen LogP contribution in [0.4, 0.5) is 0 Å². The fraction of sp³-hybridized carbons (Fsp3) is 0.333. The van der Waals surface area contributed by atoms with Crippen molar-refractivity contribution in [2.75, 3.05) is 0 Å². The molecule has 0 aromatic carbocycles. The summed E-state index contributed by atoms with van der Waals surface area (Å²) < 4.78 is 1.68. The van der Waals surface area contributed by atoms with Crippen molar-refractivity contribution < 1.29 is 17.7 Å². The van der Waals surface area contributed by atoms with Gasteiger partial charge in [0.15, 0.2) is 0 Å². The molecular weight excluding hydrogens is 264 g/mol. The average Bonchev–Trinajstić information content (AvgIpc) is 2.14. The minimum absolute atomic E-state index is 0.292. The van der Waals surface area contributed by atoms with E-state index in [0.29, 0.717) is 17.7 Å². The van der Waals surface area contributed by atoms with Crippen LogP contribution >= 0.6 is 0 Å². The Bertz CT molecular complexity index is 111. The second-order valence-electron chi connectivity index (χ2n) is 1.38. The fourth-order valence-electron chi connectivity index (χ4n) is 0.535. The van der Waals surface area contributed by atoms with Gasteiger partial charge in [-0.15, -0.1) is 0 Å². The van der Waals surface area contributed by atoms with E-state index in [4.69, 9.17) is 0 Å². The Labute approximate surface area is 52.3 Å². The summed E-state index contributed by atoms with van der Waals surface area (Å²) in [5, 5.41) is 0. The van der Waals surface area contributed by atoms with Crippen LogP contribution in [0.3, 0.4) is 0 Å². The van der Waals surface area contributed by atoms with E-state index in [1.54, 1.807) is 4.09 Å². The molecule has 0 saturated carbocycles. The van der Waals surface area contributed by atoms with Gasteiger partial charge in [0.25, 0.3) is 0 Å². The van der Waals surface area contributed by atoms with Crippen LogP contribution in [0.1, 0.15) is 6.42 Å². The van der Waals surface area contributed by atoms with Crippen molar-refractivity contribution >= 4 is 0 Å². The maximum atomic E-state index is 2.32. The summed E-state index contributed by atoms with van der Waals surface area (Å²) >= 11 is 0.292. The second-order valence-corrected chi connectivity index (χ2v) is 4.12. The zero-order valence-electron chi connectivity index (χ0n) is 4.27. The molecular formula is C6H8Ir. The minimum atomic E-state index is 0.292. The van der Waals surface area contributed by atoms with E-state index in [9.17, 15) is 0 Å². The molecule has 0 heterocycles. The molecule has 0 fully saturated rings. The van der Waals surface area contributed by atoms with Gasteiger partial charge in [-0.2, -0.15) is 0 Å². The van der Waals surface area contributed by atoms with Crippen LogP contribution in [0.5, 0.6) is 0 Å². The van der Waals surface area contributed by atoms with Crippen molar-refractivity contribution in [3.05, 3.63) is 22.3 Å². The van der Waals surface area contributed by atoms with Crippen LogP contribution in [0.15, 0.2) is 22.3 Å². The van der Waals surface area contributed by atoms with Crippen LogP contribution in [-0.2, 0) is 17.7 Å². The molecule has 0 aromatic rings. The molecule has 0 nitrogen and oxygen atoms in total. The SMILES string of the molecule is [CH3][Ir][C]1=CC=CC1. The molecule has 0 aliphatic heterocycles. The zero-order valence-corrected chi connectivity index (χ0v) is 6.67. The molecule has 1 rings (SSSR count). The van der Waals surface area contributed by atoms with Crippen molar-refractivity contribution in [1.29, 1.82) is 0 Å². The normalized spacial score (nSPS) is 18.1. The first-order valence-corrected chi connectivity index (χ1v) is 5.81. The van der Waals surface area contributed by atoms with E-state index in [1.165, 1.54) is 6.42 Å². The molecule has 0 atom stereocenters. The Morgan fingerprint density at radius 2 is 2.57 bits per heavy atom. The van der Waals surface area contributed by atoms with E-state index < -0.39 is 0 Å².